The first-order chi connectivity index (χ1) is 10.8. The van der Waals surface area contributed by atoms with Crippen LogP contribution < -0.4 is 0 Å². The Morgan fingerprint density at radius 3 is 1.82 bits per heavy atom. The second-order valence-corrected chi connectivity index (χ2v) is 9.85. The lowest BCUT2D eigenvalue weighted by atomic mass is 9.99. The normalized spacial score (nSPS) is 21.1. The summed E-state index contributed by atoms with van der Waals surface area (Å²) in [6.45, 7) is 0. The number of hydrogen-bond acceptors (Lipinski definition) is 1. The van der Waals surface area contributed by atoms with Crippen LogP contribution in [0.5, 0.6) is 0 Å². The molecule has 0 bridgehead atoms. The average molecular weight is 316 g/mol. The van der Waals surface area contributed by atoms with Crippen molar-refractivity contribution in [1.29, 1.82) is 0 Å². The molecule has 2 fully saturated rings. The zero-order valence-electron chi connectivity index (χ0n) is 13.7. The van der Waals surface area contributed by atoms with Gasteiger partial charge in [0.2, 0.25) is 0 Å². The molecule has 2 aliphatic rings. The molecule has 0 amide bonds. The fraction of sp³-hybridized carbons (Fsp3) is 0.650. The molecule has 0 N–H and O–H groups in total. The number of carbonyl (C=O) groups is 1. The maximum atomic E-state index is 12.8. The molecule has 0 spiro atoms. The van der Waals surface area contributed by atoms with Gasteiger partial charge in [-0.3, -0.25) is 4.79 Å². The number of hydrogen-bond donors (Lipinski definition) is 0. The summed E-state index contributed by atoms with van der Waals surface area (Å²) in [7, 11) is -0.110. The van der Waals surface area contributed by atoms with Crippen molar-refractivity contribution in [3.8, 4) is 0 Å². The van der Waals surface area contributed by atoms with Gasteiger partial charge in [0.1, 0.15) is 0 Å². The molecule has 22 heavy (non-hydrogen) atoms. The van der Waals surface area contributed by atoms with E-state index in [-0.39, 0.29) is 7.92 Å². The third-order valence-corrected chi connectivity index (χ3v) is 9.07. The second kappa shape index (κ2) is 8.25. The van der Waals surface area contributed by atoms with Crippen LogP contribution in [0.4, 0.5) is 0 Å². The van der Waals surface area contributed by atoms with E-state index < -0.39 is 0 Å². The minimum atomic E-state index is -0.110. The molecule has 0 saturated heterocycles. The summed E-state index contributed by atoms with van der Waals surface area (Å²) in [5, 5.41) is 0. The van der Waals surface area contributed by atoms with E-state index in [4.69, 9.17) is 0 Å². The SMILES string of the molecule is O=C(CP(C1CCCCC1)C1CCCCC1)c1ccccc1. The van der Waals surface area contributed by atoms with E-state index in [0.29, 0.717) is 5.78 Å². The fourth-order valence-electron chi connectivity index (χ4n) is 4.26. The zero-order valence-corrected chi connectivity index (χ0v) is 14.6. The first kappa shape index (κ1) is 16.2. The Labute approximate surface area is 136 Å². The summed E-state index contributed by atoms with van der Waals surface area (Å²) in [6, 6.07) is 9.99. The van der Waals surface area contributed by atoms with Crippen LogP contribution in [-0.2, 0) is 0 Å². The molecule has 120 valence electrons. The van der Waals surface area contributed by atoms with Crippen molar-refractivity contribution < 1.29 is 4.79 Å². The molecule has 1 aromatic carbocycles. The van der Waals surface area contributed by atoms with E-state index >= 15 is 0 Å². The Kier molecular flexibility index (Phi) is 6.07. The van der Waals surface area contributed by atoms with Crippen molar-refractivity contribution in [3.63, 3.8) is 0 Å². The summed E-state index contributed by atoms with van der Waals surface area (Å²) in [6.07, 6.45) is 14.8. The smallest absolute Gasteiger partial charge is 0.167 e. The van der Waals surface area contributed by atoms with Gasteiger partial charge in [-0.1, -0.05) is 76.8 Å². The van der Waals surface area contributed by atoms with Crippen LogP contribution in [0.3, 0.4) is 0 Å². The average Bonchev–Trinajstić information content (AvgIpc) is 2.62. The Bertz CT molecular complexity index is 440. The lowest BCUT2D eigenvalue weighted by Gasteiger charge is -2.38. The van der Waals surface area contributed by atoms with E-state index in [0.717, 1.165) is 23.0 Å². The predicted octanol–water partition coefficient (Wildman–Crippen LogP) is 6.02. The number of rotatable bonds is 5. The highest BCUT2D eigenvalue weighted by atomic mass is 31.1. The largest absolute Gasteiger partial charge is 0.294 e. The molecule has 1 aromatic rings. The van der Waals surface area contributed by atoms with Gasteiger partial charge in [0.15, 0.2) is 5.78 Å². The topological polar surface area (TPSA) is 17.1 Å². The van der Waals surface area contributed by atoms with Gasteiger partial charge in [0, 0.05) is 11.7 Å². The molecule has 2 saturated carbocycles. The molecule has 3 rings (SSSR count). The number of carbonyl (C=O) groups excluding carboxylic acids is 1. The Hall–Kier alpha value is -0.680. The lowest BCUT2D eigenvalue weighted by molar-refractivity contribution is 0.102. The van der Waals surface area contributed by atoms with Crippen molar-refractivity contribution in [2.75, 3.05) is 6.16 Å². The summed E-state index contributed by atoms with van der Waals surface area (Å²) >= 11 is 0. The molecule has 0 aromatic heterocycles. The van der Waals surface area contributed by atoms with E-state index in [1.54, 1.807) is 0 Å². The monoisotopic (exact) mass is 316 g/mol. The van der Waals surface area contributed by atoms with Gasteiger partial charge in [0.25, 0.3) is 0 Å². The highest BCUT2D eigenvalue weighted by molar-refractivity contribution is 7.60. The molecule has 0 radical (unpaired) electrons. The highest BCUT2D eigenvalue weighted by Gasteiger charge is 2.32. The van der Waals surface area contributed by atoms with Gasteiger partial charge in [-0.05, 0) is 37.0 Å². The zero-order chi connectivity index (χ0) is 15.2. The number of Topliss-reactive ketones (excluding diaryl/α,β-unsaturated/α-hetero) is 1. The third-order valence-electron chi connectivity index (χ3n) is 5.51. The first-order valence-corrected chi connectivity index (χ1v) is 10.8. The predicted molar refractivity (Wildman–Crippen MR) is 96.3 cm³/mol. The fourth-order valence-corrected chi connectivity index (χ4v) is 7.95. The van der Waals surface area contributed by atoms with Gasteiger partial charge < -0.3 is 0 Å². The van der Waals surface area contributed by atoms with Crippen molar-refractivity contribution >= 4 is 13.7 Å². The first-order valence-electron chi connectivity index (χ1n) is 9.18. The van der Waals surface area contributed by atoms with Gasteiger partial charge in [0.05, 0.1) is 0 Å². The maximum Gasteiger partial charge on any atom is 0.167 e. The second-order valence-electron chi connectivity index (χ2n) is 7.05. The highest BCUT2D eigenvalue weighted by Crippen LogP contribution is 2.55. The van der Waals surface area contributed by atoms with Crippen molar-refractivity contribution in [2.45, 2.75) is 75.5 Å². The Morgan fingerprint density at radius 1 is 0.818 bits per heavy atom. The van der Waals surface area contributed by atoms with E-state index in [1.807, 2.05) is 30.3 Å². The minimum absolute atomic E-state index is 0.110. The summed E-state index contributed by atoms with van der Waals surface area (Å²) in [4.78, 5) is 12.8. The van der Waals surface area contributed by atoms with Crippen LogP contribution in [0.15, 0.2) is 30.3 Å². The molecule has 0 atom stereocenters. The number of benzene rings is 1. The summed E-state index contributed by atoms with van der Waals surface area (Å²) in [5.41, 5.74) is 2.68. The molecular weight excluding hydrogens is 287 g/mol. The van der Waals surface area contributed by atoms with Gasteiger partial charge in [-0.25, -0.2) is 0 Å². The van der Waals surface area contributed by atoms with E-state index in [9.17, 15) is 4.79 Å². The van der Waals surface area contributed by atoms with Crippen LogP contribution in [-0.4, -0.2) is 23.3 Å². The van der Waals surface area contributed by atoms with Crippen LogP contribution in [0.1, 0.15) is 74.6 Å². The quantitative estimate of drug-likeness (QED) is 0.480. The van der Waals surface area contributed by atoms with Crippen LogP contribution in [0.2, 0.25) is 0 Å². The molecular formula is C20H29OP. The van der Waals surface area contributed by atoms with Crippen LogP contribution in [0, 0.1) is 0 Å². The lowest BCUT2D eigenvalue weighted by Crippen LogP contribution is -2.24. The Balaban J connectivity index is 1.71. The summed E-state index contributed by atoms with van der Waals surface area (Å²) in [5.74, 6) is 0.405. The maximum absolute atomic E-state index is 12.8. The van der Waals surface area contributed by atoms with Crippen molar-refractivity contribution in [2.24, 2.45) is 0 Å². The third kappa shape index (κ3) is 4.19. The van der Waals surface area contributed by atoms with E-state index in [2.05, 4.69) is 0 Å². The van der Waals surface area contributed by atoms with Crippen molar-refractivity contribution in [3.05, 3.63) is 35.9 Å². The molecule has 2 aliphatic carbocycles. The number of ketones is 1. The van der Waals surface area contributed by atoms with E-state index in [1.165, 1.54) is 64.2 Å². The molecule has 1 nitrogen and oxygen atoms in total. The molecule has 0 unspecified atom stereocenters. The molecule has 0 heterocycles. The van der Waals surface area contributed by atoms with Gasteiger partial charge in [-0.2, -0.15) is 0 Å². The van der Waals surface area contributed by atoms with Crippen molar-refractivity contribution in [1.82, 2.24) is 0 Å². The standard InChI is InChI=1S/C20H29OP/c21-20(17-10-4-1-5-11-17)16-22(18-12-6-2-7-13-18)19-14-8-3-9-15-19/h1,4-5,10-11,18-19H,2-3,6-9,12-16H2. The van der Waals surface area contributed by atoms with Gasteiger partial charge >= 0.3 is 0 Å². The van der Waals surface area contributed by atoms with Gasteiger partial charge in [-0.15, -0.1) is 0 Å². The van der Waals surface area contributed by atoms with Crippen LogP contribution >= 0.6 is 7.92 Å². The summed E-state index contributed by atoms with van der Waals surface area (Å²) < 4.78 is 0. The molecule has 2 heteroatoms. The Morgan fingerprint density at radius 2 is 1.32 bits per heavy atom. The van der Waals surface area contributed by atoms with Crippen LogP contribution in [0.25, 0.3) is 0 Å². The minimum Gasteiger partial charge on any atom is -0.294 e. The molecule has 0 aliphatic heterocycles.